The van der Waals surface area contributed by atoms with Crippen LogP contribution in [0.2, 0.25) is 0 Å². The van der Waals surface area contributed by atoms with Gasteiger partial charge in [-0.25, -0.2) is 0 Å². The zero-order chi connectivity index (χ0) is 12.8. The van der Waals surface area contributed by atoms with E-state index in [0.29, 0.717) is 24.3 Å². The Labute approximate surface area is 106 Å². The maximum Gasteiger partial charge on any atom is 0.222 e. The van der Waals surface area contributed by atoms with E-state index >= 15 is 0 Å². The average Bonchev–Trinajstić information content (AvgIpc) is 3.16. The summed E-state index contributed by atoms with van der Waals surface area (Å²) in [7, 11) is 1.95. The fraction of sp³-hybridized carbons (Fsp3) is 0.929. The zero-order valence-corrected chi connectivity index (χ0v) is 11.6. The number of nitrogens with zero attached hydrogens (tertiary/aromatic N) is 1. The Morgan fingerprint density at radius 2 is 2.06 bits per heavy atom. The molecule has 2 N–H and O–H groups in total. The normalized spacial score (nSPS) is 18.8. The lowest BCUT2D eigenvalue weighted by molar-refractivity contribution is -0.132. The van der Waals surface area contributed by atoms with E-state index in [2.05, 4.69) is 13.8 Å². The summed E-state index contributed by atoms with van der Waals surface area (Å²) in [5, 5.41) is 0. The predicted octanol–water partition coefficient (Wildman–Crippen LogP) is 2.40. The smallest absolute Gasteiger partial charge is 0.222 e. The zero-order valence-electron chi connectivity index (χ0n) is 11.6. The van der Waals surface area contributed by atoms with Gasteiger partial charge < -0.3 is 10.6 Å². The Morgan fingerprint density at radius 1 is 1.41 bits per heavy atom. The van der Waals surface area contributed by atoms with Crippen LogP contribution in [0.4, 0.5) is 0 Å². The first-order chi connectivity index (χ1) is 8.10. The van der Waals surface area contributed by atoms with E-state index in [1.165, 1.54) is 12.8 Å². The summed E-state index contributed by atoms with van der Waals surface area (Å²) in [6, 6.07) is 0.428. The van der Waals surface area contributed by atoms with Crippen LogP contribution in [0.1, 0.15) is 52.4 Å². The maximum atomic E-state index is 12.0. The standard InChI is InChI=1S/C14H28N2O/c1-4-12(9-10-15)5-8-14(17)16(3)11(2)13-6-7-13/h11-13H,4-10,15H2,1-3H3. The van der Waals surface area contributed by atoms with Gasteiger partial charge in [0.1, 0.15) is 0 Å². The van der Waals surface area contributed by atoms with E-state index in [9.17, 15) is 4.79 Å². The van der Waals surface area contributed by atoms with E-state index in [-0.39, 0.29) is 0 Å². The highest BCUT2D eigenvalue weighted by atomic mass is 16.2. The lowest BCUT2D eigenvalue weighted by atomic mass is 9.96. The molecule has 0 aromatic heterocycles. The molecule has 1 saturated carbocycles. The quantitative estimate of drug-likeness (QED) is 0.708. The summed E-state index contributed by atoms with van der Waals surface area (Å²) in [5.74, 6) is 1.68. The molecule has 1 amide bonds. The largest absolute Gasteiger partial charge is 0.343 e. The highest BCUT2D eigenvalue weighted by Gasteiger charge is 2.32. The number of nitrogens with two attached hydrogens (primary N) is 1. The lowest BCUT2D eigenvalue weighted by Crippen LogP contribution is -2.36. The third-order valence-electron chi connectivity index (χ3n) is 4.23. The van der Waals surface area contributed by atoms with Crippen molar-refractivity contribution in [2.24, 2.45) is 17.6 Å². The summed E-state index contributed by atoms with van der Waals surface area (Å²) >= 11 is 0. The van der Waals surface area contributed by atoms with Crippen molar-refractivity contribution in [2.75, 3.05) is 13.6 Å². The molecule has 3 heteroatoms. The monoisotopic (exact) mass is 240 g/mol. The molecule has 0 heterocycles. The van der Waals surface area contributed by atoms with Gasteiger partial charge in [-0.05, 0) is 51.0 Å². The topological polar surface area (TPSA) is 46.3 Å². The van der Waals surface area contributed by atoms with Gasteiger partial charge in [0.2, 0.25) is 5.91 Å². The van der Waals surface area contributed by atoms with Crippen LogP contribution in [0.25, 0.3) is 0 Å². The first-order valence-electron chi connectivity index (χ1n) is 7.05. The highest BCUT2D eigenvalue weighted by Crippen LogP contribution is 2.34. The summed E-state index contributed by atoms with van der Waals surface area (Å²) in [6.45, 7) is 5.09. The lowest BCUT2D eigenvalue weighted by Gasteiger charge is -2.25. The Balaban J connectivity index is 2.27. The second-order valence-electron chi connectivity index (χ2n) is 5.47. The Morgan fingerprint density at radius 3 is 2.53 bits per heavy atom. The van der Waals surface area contributed by atoms with Gasteiger partial charge in [0, 0.05) is 19.5 Å². The van der Waals surface area contributed by atoms with Gasteiger partial charge >= 0.3 is 0 Å². The fourth-order valence-electron chi connectivity index (χ4n) is 2.41. The summed E-state index contributed by atoms with van der Waals surface area (Å²) in [6.07, 6.45) is 6.45. The molecule has 0 saturated heterocycles. The molecule has 0 aliphatic heterocycles. The van der Waals surface area contributed by atoms with Crippen LogP contribution in [0, 0.1) is 11.8 Å². The fourth-order valence-corrected chi connectivity index (χ4v) is 2.41. The first kappa shape index (κ1) is 14.5. The van der Waals surface area contributed by atoms with Crippen molar-refractivity contribution in [3.63, 3.8) is 0 Å². The van der Waals surface area contributed by atoms with Crippen molar-refractivity contribution < 1.29 is 4.79 Å². The minimum Gasteiger partial charge on any atom is -0.343 e. The molecule has 1 rings (SSSR count). The number of amides is 1. The Kier molecular flexibility index (Phi) is 5.96. The molecule has 1 fully saturated rings. The van der Waals surface area contributed by atoms with Crippen molar-refractivity contribution in [1.82, 2.24) is 4.90 Å². The number of carbonyl (C=O) groups is 1. The van der Waals surface area contributed by atoms with Crippen molar-refractivity contribution in [1.29, 1.82) is 0 Å². The van der Waals surface area contributed by atoms with Gasteiger partial charge in [-0.3, -0.25) is 4.79 Å². The van der Waals surface area contributed by atoms with Gasteiger partial charge in [0.25, 0.3) is 0 Å². The molecular formula is C14H28N2O. The Bertz CT molecular complexity index is 238. The van der Waals surface area contributed by atoms with Crippen molar-refractivity contribution in [3.8, 4) is 0 Å². The first-order valence-corrected chi connectivity index (χ1v) is 7.05. The van der Waals surface area contributed by atoms with E-state index in [1.54, 1.807) is 0 Å². The maximum absolute atomic E-state index is 12.0. The Hall–Kier alpha value is -0.570. The molecule has 1 aliphatic carbocycles. The molecule has 1 aliphatic rings. The molecule has 3 nitrogen and oxygen atoms in total. The van der Waals surface area contributed by atoms with Crippen LogP contribution >= 0.6 is 0 Å². The second kappa shape index (κ2) is 7.00. The van der Waals surface area contributed by atoms with Crippen molar-refractivity contribution in [2.45, 2.75) is 58.4 Å². The van der Waals surface area contributed by atoms with Crippen LogP contribution in [0.3, 0.4) is 0 Å². The molecule has 0 bridgehead atoms. The van der Waals surface area contributed by atoms with E-state index in [1.807, 2.05) is 11.9 Å². The third kappa shape index (κ3) is 4.66. The second-order valence-corrected chi connectivity index (χ2v) is 5.47. The SMILES string of the molecule is CCC(CCN)CCC(=O)N(C)C(C)C1CC1. The van der Waals surface area contributed by atoms with Crippen LogP contribution < -0.4 is 5.73 Å². The summed E-state index contributed by atoms with van der Waals surface area (Å²) in [5.41, 5.74) is 5.57. The van der Waals surface area contributed by atoms with Crippen molar-refractivity contribution >= 4 is 5.91 Å². The summed E-state index contributed by atoms with van der Waals surface area (Å²) < 4.78 is 0. The van der Waals surface area contributed by atoms with Crippen LogP contribution in [-0.2, 0) is 4.79 Å². The van der Waals surface area contributed by atoms with E-state index in [4.69, 9.17) is 5.73 Å². The van der Waals surface area contributed by atoms with Gasteiger partial charge in [-0.1, -0.05) is 13.3 Å². The number of hydrogen-bond acceptors (Lipinski definition) is 2. The van der Waals surface area contributed by atoms with Gasteiger partial charge in [-0.15, -0.1) is 0 Å². The van der Waals surface area contributed by atoms with Crippen LogP contribution in [0.15, 0.2) is 0 Å². The molecule has 0 aromatic carbocycles. The van der Waals surface area contributed by atoms with Crippen molar-refractivity contribution in [3.05, 3.63) is 0 Å². The van der Waals surface area contributed by atoms with Crippen LogP contribution in [0.5, 0.6) is 0 Å². The highest BCUT2D eigenvalue weighted by molar-refractivity contribution is 5.76. The molecule has 100 valence electrons. The molecule has 2 atom stereocenters. The molecule has 17 heavy (non-hydrogen) atoms. The third-order valence-corrected chi connectivity index (χ3v) is 4.23. The minimum atomic E-state index is 0.305. The predicted molar refractivity (Wildman–Crippen MR) is 71.6 cm³/mol. The van der Waals surface area contributed by atoms with Gasteiger partial charge in [0.15, 0.2) is 0 Å². The van der Waals surface area contributed by atoms with E-state index in [0.717, 1.165) is 31.7 Å². The molecule has 0 aromatic rings. The number of rotatable bonds is 8. The van der Waals surface area contributed by atoms with Gasteiger partial charge in [-0.2, -0.15) is 0 Å². The summed E-state index contributed by atoms with van der Waals surface area (Å²) in [4.78, 5) is 14.0. The molecule has 0 radical (unpaired) electrons. The average molecular weight is 240 g/mol. The van der Waals surface area contributed by atoms with Gasteiger partial charge in [0.05, 0.1) is 0 Å². The number of hydrogen-bond donors (Lipinski definition) is 1. The minimum absolute atomic E-state index is 0.305. The molecular weight excluding hydrogens is 212 g/mol. The van der Waals surface area contributed by atoms with E-state index < -0.39 is 0 Å². The number of carbonyl (C=O) groups excluding carboxylic acids is 1. The van der Waals surface area contributed by atoms with Crippen LogP contribution in [-0.4, -0.2) is 30.4 Å². The molecule has 2 unspecified atom stereocenters. The molecule has 0 spiro atoms.